The van der Waals surface area contributed by atoms with Crippen molar-refractivity contribution < 1.29 is 14.6 Å². The lowest BCUT2D eigenvalue weighted by atomic mass is 9.61. The number of aromatic hydroxyl groups is 1. The van der Waals surface area contributed by atoms with Crippen LogP contribution in [-0.4, -0.2) is 41.5 Å². The zero-order valence-corrected chi connectivity index (χ0v) is 15.8. The molecule has 0 bridgehead atoms. The number of hydrogen-bond donors (Lipinski definition) is 3. The van der Waals surface area contributed by atoms with Crippen LogP contribution in [0.3, 0.4) is 0 Å². The second kappa shape index (κ2) is 5.94. The molecule has 2 spiro atoms. The number of hydrogen-bond acceptors (Lipinski definition) is 5. The van der Waals surface area contributed by atoms with Gasteiger partial charge in [-0.1, -0.05) is 6.07 Å². The number of fused-ring (bicyclic) bond motifs is 3. The van der Waals surface area contributed by atoms with Gasteiger partial charge in [-0.15, -0.1) is 0 Å². The molecule has 4 N–H and O–H groups in total. The van der Waals surface area contributed by atoms with Crippen molar-refractivity contribution in [2.45, 2.75) is 69.9 Å². The molecule has 1 saturated carbocycles. The number of carbonyl (C=O) groups excluding carboxylic acids is 1. The standard InChI is InChI=1S/C20H29N3O3/c1-12(2)23-17(25)20(22-18(23)21)16-10-14(24)5-4-13(16)11-19(20)8-6-15(26-3)7-9-19/h4-5,10,12,15,18,22,24H,6-9,11,21H2,1-3H3. The van der Waals surface area contributed by atoms with E-state index in [0.717, 1.165) is 43.2 Å². The van der Waals surface area contributed by atoms with Gasteiger partial charge in [-0.2, -0.15) is 0 Å². The molecular weight excluding hydrogens is 330 g/mol. The molecule has 2 atom stereocenters. The maximum absolute atomic E-state index is 13.8. The van der Waals surface area contributed by atoms with E-state index in [9.17, 15) is 9.90 Å². The normalized spacial score (nSPS) is 36.5. The van der Waals surface area contributed by atoms with E-state index in [2.05, 4.69) is 5.32 Å². The summed E-state index contributed by atoms with van der Waals surface area (Å²) in [6.45, 7) is 3.98. The third kappa shape index (κ3) is 2.19. The van der Waals surface area contributed by atoms with E-state index in [1.807, 2.05) is 19.9 Å². The van der Waals surface area contributed by atoms with Crippen LogP contribution in [0, 0.1) is 5.41 Å². The fraction of sp³-hybridized carbons (Fsp3) is 0.650. The van der Waals surface area contributed by atoms with Crippen LogP contribution in [0.1, 0.15) is 50.7 Å². The second-order valence-corrected chi connectivity index (χ2v) is 8.38. The quantitative estimate of drug-likeness (QED) is 0.749. The van der Waals surface area contributed by atoms with Crippen molar-refractivity contribution in [3.05, 3.63) is 29.3 Å². The Kier molecular flexibility index (Phi) is 4.06. The van der Waals surface area contributed by atoms with Gasteiger partial charge in [-0.3, -0.25) is 15.8 Å². The van der Waals surface area contributed by atoms with Crippen LogP contribution in [0.15, 0.2) is 18.2 Å². The van der Waals surface area contributed by atoms with Crippen LogP contribution in [0.2, 0.25) is 0 Å². The van der Waals surface area contributed by atoms with Gasteiger partial charge in [0.15, 0.2) is 0 Å². The Morgan fingerprint density at radius 2 is 2.04 bits per heavy atom. The van der Waals surface area contributed by atoms with Crippen molar-refractivity contribution in [3.63, 3.8) is 0 Å². The predicted octanol–water partition coefficient (Wildman–Crippen LogP) is 1.80. The molecule has 1 aliphatic heterocycles. The molecule has 1 heterocycles. The average molecular weight is 359 g/mol. The van der Waals surface area contributed by atoms with E-state index < -0.39 is 11.8 Å². The number of nitrogens with two attached hydrogens (primary N) is 1. The molecule has 26 heavy (non-hydrogen) atoms. The monoisotopic (exact) mass is 359 g/mol. The summed E-state index contributed by atoms with van der Waals surface area (Å²) in [4.78, 5) is 15.5. The number of phenolic OH excluding ortho intramolecular Hbond substituents is 1. The summed E-state index contributed by atoms with van der Waals surface area (Å²) in [6.07, 6.45) is 4.23. The number of amides is 1. The Morgan fingerprint density at radius 1 is 1.35 bits per heavy atom. The first-order valence-electron chi connectivity index (χ1n) is 9.56. The van der Waals surface area contributed by atoms with Crippen molar-refractivity contribution in [1.82, 2.24) is 10.2 Å². The Bertz CT molecular complexity index is 727. The molecule has 0 aromatic heterocycles. The highest BCUT2D eigenvalue weighted by atomic mass is 16.5. The van der Waals surface area contributed by atoms with Crippen LogP contribution in [-0.2, 0) is 21.5 Å². The molecule has 6 heteroatoms. The molecule has 2 aliphatic carbocycles. The zero-order chi connectivity index (χ0) is 18.7. The summed E-state index contributed by atoms with van der Waals surface area (Å²) < 4.78 is 5.57. The zero-order valence-electron chi connectivity index (χ0n) is 15.8. The topological polar surface area (TPSA) is 87.8 Å². The summed E-state index contributed by atoms with van der Waals surface area (Å²) >= 11 is 0. The van der Waals surface area contributed by atoms with E-state index in [-0.39, 0.29) is 29.2 Å². The number of phenols is 1. The Morgan fingerprint density at radius 3 is 2.62 bits per heavy atom. The highest BCUT2D eigenvalue weighted by Crippen LogP contribution is 2.60. The number of benzene rings is 1. The van der Waals surface area contributed by atoms with Crippen LogP contribution >= 0.6 is 0 Å². The number of rotatable bonds is 2. The first kappa shape index (κ1) is 17.8. The van der Waals surface area contributed by atoms with Gasteiger partial charge in [0, 0.05) is 18.6 Å². The highest BCUT2D eigenvalue weighted by Gasteiger charge is 2.67. The van der Waals surface area contributed by atoms with E-state index in [0.29, 0.717) is 0 Å². The SMILES string of the molecule is COC1CCC2(CC1)Cc1ccc(O)cc1C21NC(N)N(C(C)C)C1=O. The molecule has 1 amide bonds. The van der Waals surface area contributed by atoms with E-state index in [1.54, 1.807) is 24.1 Å². The van der Waals surface area contributed by atoms with Crippen LogP contribution < -0.4 is 11.1 Å². The van der Waals surface area contributed by atoms with Crippen molar-refractivity contribution >= 4 is 5.91 Å². The number of methoxy groups -OCH3 is 1. The minimum atomic E-state index is -0.858. The Balaban J connectivity index is 1.85. The van der Waals surface area contributed by atoms with E-state index in [1.165, 1.54) is 0 Å². The first-order chi connectivity index (χ1) is 12.3. The van der Waals surface area contributed by atoms with Crippen molar-refractivity contribution in [2.24, 2.45) is 11.1 Å². The smallest absolute Gasteiger partial charge is 0.250 e. The van der Waals surface area contributed by atoms with Gasteiger partial charge in [-0.25, -0.2) is 0 Å². The minimum absolute atomic E-state index is 0.0121. The van der Waals surface area contributed by atoms with Gasteiger partial charge in [0.2, 0.25) is 0 Å². The van der Waals surface area contributed by atoms with Crippen molar-refractivity contribution in [3.8, 4) is 5.75 Å². The van der Waals surface area contributed by atoms with Crippen LogP contribution in [0.4, 0.5) is 0 Å². The van der Waals surface area contributed by atoms with Crippen molar-refractivity contribution in [1.29, 1.82) is 0 Å². The molecule has 142 valence electrons. The molecular formula is C20H29N3O3. The number of carbonyl (C=O) groups is 1. The second-order valence-electron chi connectivity index (χ2n) is 8.38. The fourth-order valence-electron chi connectivity index (χ4n) is 5.58. The molecule has 2 fully saturated rings. The van der Waals surface area contributed by atoms with E-state index in [4.69, 9.17) is 10.5 Å². The summed E-state index contributed by atoms with van der Waals surface area (Å²) in [6, 6.07) is 5.44. The molecule has 1 saturated heterocycles. The van der Waals surface area contributed by atoms with Gasteiger partial charge < -0.3 is 14.7 Å². The lowest BCUT2D eigenvalue weighted by molar-refractivity contribution is -0.141. The number of ether oxygens (including phenoxy) is 1. The Labute approximate surface area is 154 Å². The molecule has 4 rings (SSSR count). The third-order valence-electron chi connectivity index (χ3n) is 6.82. The first-order valence-corrected chi connectivity index (χ1v) is 9.56. The Hall–Kier alpha value is -1.63. The van der Waals surface area contributed by atoms with E-state index >= 15 is 0 Å². The van der Waals surface area contributed by atoms with Gasteiger partial charge in [-0.05, 0) is 69.2 Å². The molecule has 2 unspecified atom stereocenters. The van der Waals surface area contributed by atoms with Crippen LogP contribution in [0.25, 0.3) is 0 Å². The van der Waals surface area contributed by atoms with Gasteiger partial charge in [0.1, 0.15) is 17.6 Å². The maximum Gasteiger partial charge on any atom is 0.250 e. The average Bonchev–Trinajstić information content (AvgIpc) is 3.02. The van der Waals surface area contributed by atoms with Crippen LogP contribution in [0.5, 0.6) is 5.75 Å². The lowest BCUT2D eigenvalue weighted by Gasteiger charge is -2.46. The van der Waals surface area contributed by atoms with Gasteiger partial charge in [0.05, 0.1) is 6.10 Å². The predicted molar refractivity (Wildman–Crippen MR) is 98.3 cm³/mol. The molecule has 6 nitrogen and oxygen atoms in total. The van der Waals surface area contributed by atoms with Crippen molar-refractivity contribution in [2.75, 3.05) is 7.11 Å². The van der Waals surface area contributed by atoms with Gasteiger partial charge >= 0.3 is 0 Å². The lowest BCUT2D eigenvalue weighted by Crippen LogP contribution is -2.57. The third-order valence-corrected chi connectivity index (χ3v) is 6.82. The van der Waals surface area contributed by atoms with Gasteiger partial charge in [0.25, 0.3) is 5.91 Å². The largest absolute Gasteiger partial charge is 0.508 e. The highest BCUT2D eigenvalue weighted by molar-refractivity contribution is 5.93. The number of nitrogens with one attached hydrogen (secondary N) is 1. The number of nitrogens with zero attached hydrogens (tertiary/aromatic N) is 1. The molecule has 0 radical (unpaired) electrons. The minimum Gasteiger partial charge on any atom is -0.508 e. The summed E-state index contributed by atoms with van der Waals surface area (Å²) in [5, 5.41) is 13.6. The summed E-state index contributed by atoms with van der Waals surface area (Å²) in [5.41, 5.74) is 7.32. The molecule has 1 aromatic carbocycles. The fourth-order valence-corrected chi connectivity index (χ4v) is 5.58. The molecule has 1 aromatic rings. The maximum atomic E-state index is 13.8. The summed E-state index contributed by atoms with van der Waals surface area (Å²) in [7, 11) is 1.76. The summed E-state index contributed by atoms with van der Waals surface area (Å²) in [5.74, 6) is 0.233. The molecule has 3 aliphatic rings.